The summed E-state index contributed by atoms with van der Waals surface area (Å²) in [5.41, 5.74) is -0.643. The van der Waals surface area contributed by atoms with E-state index in [1.165, 1.54) is 24.9 Å². The van der Waals surface area contributed by atoms with E-state index in [0.29, 0.717) is 10.8 Å². The van der Waals surface area contributed by atoms with Gasteiger partial charge in [0, 0.05) is 5.75 Å². The number of hydrogen-bond donors (Lipinski definition) is 1. The average Bonchev–Trinajstić information content (AvgIpc) is 2.74. The number of rotatable bonds is 5. The smallest absolute Gasteiger partial charge is 0.371 e. The molecule has 0 aliphatic heterocycles. The van der Waals surface area contributed by atoms with Crippen molar-refractivity contribution in [3.05, 3.63) is 17.9 Å². The fourth-order valence-electron chi connectivity index (χ4n) is 1.10. The summed E-state index contributed by atoms with van der Waals surface area (Å²) < 4.78 is 9.74. The van der Waals surface area contributed by atoms with Crippen molar-refractivity contribution in [1.82, 2.24) is 0 Å². The number of carbonyl (C=O) groups excluding carboxylic acids is 1. The Morgan fingerprint density at radius 3 is 2.59 bits per heavy atom. The molecule has 1 heterocycles. The predicted molar refractivity (Wildman–Crippen MR) is 62.2 cm³/mol. The quantitative estimate of drug-likeness (QED) is 0.645. The maximum Gasteiger partial charge on any atom is 0.371 e. The van der Waals surface area contributed by atoms with Crippen LogP contribution in [0.2, 0.25) is 0 Å². The second-order valence-electron chi connectivity index (χ2n) is 4.09. The third kappa shape index (κ3) is 3.52. The van der Waals surface area contributed by atoms with Gasteiger partial charge in [0.25, 0.3) is 0 Å². The molecule has 0 fully saturated rings. The number of ether oxygens (including phenoxy) is 1. The van der Waals surface area contributed by atoms with E-state index in [1.807, 2.05) is 0 Å². The molecule has 0 unspecified atom stereocenters. The fraction of sp³-hybridized carbons (Fsp3) is 0.455. The Bertz CT molecular complexity index is 421. The van der Waals surface area contributed by atoms with Gasteiger partial charge in [-0.25, -0.2) is 4.79 Å². The zero-order valence-electron chi connectivity index (χ0n) is 9.85. The standard InChI is InChI=1S/C11H14O5S/c1-11(2,10(14)15-3)6-17-8-5-4-7(16-8)9(12)13/h4-5H,6H2,1-3H3,(H,12,13). The van der Waals surface area contributed by atoms with Crippen LogP contribution in [0.25, 0.3) is 0 Å². The summed E-state index contributed by atoms with van der Waals surface area (Å²) in [6.07, 6.45) is 0. The largest absolute Gasteiger partial charge is 0.475 e. The zero-order valence-corrected chi connectivity index (χ0v) is 10.7. The van der Waals surface area contributed by atoms with Crippen LogP contribution in [0.15, 0.2) is 21.6 Å². The Kier molecular flexibility index (Phi) is 4.22. The summed E-state index contributed by atoms with van der Waals surface area (Å²) in [6, 6.07) is 2.96. The number of esters is 1. The summed E-state index contributed by atoms with van der Waals surface area (Å²) in [5, 5.41) is 9.15. The topological polar surface area (TPSA) is 76.7 Å². The molecule has 0 spiro atoms. The van der Waals surface area contributed by atoms with Crippen LogP contribution in [0, 0.1) is 5.41 Å². The number of aromatic carboxylic acids is 1. The molecule has 0 atom stereocenters. The summed E-state index contributed by atoms with van der Waals surface area (Å²) >= 11 is 1.28. The highest BCUT2D eigenvalue weighted by atomic mass is 32.2. The number of carbonyl (C=O) groups is 2. The predicted octanol–water partition coefficient (Wildman–Crippen LogP) is 2.27. The second kappa shape index (κ2) is 5.27. The normalized spacial score (nSPS) is 11.2. The minimum absolute atomic E-state index is 0.108. The van der Waals surface area contributed by atoms with Crippen LogP contribution in [0.4, 0.5) is 0 Å². The SMILES string of the molecule is COC(=O)C(C)(C)CSc1ccc(C(=O)O)o1. The first-order chi connectivity index (χ1) is 7.86. The lowest BCUT2D eigenvalue weighted by molar-refractivity contribution is -0.149. The Hall–Kier alpha value is -1.43. The first-order valence-corrected chi connectivity index (χ1v) is 5.90. The van der Waals surface area contributed by atoms with Crippen LogP contribution in [0.3, 0.4) is 0 Å². The highest BCUT2D eigenvalue weighted by Gasteiger charge is 2.29. The summed E-state index contributed by atoms with van der Waals surface area (Å²) in [7, 11) is 1.34. The molecule has 94 valence electrons. The summed E-state index contributed by atoms with van der Waals surface area (Å²) in [5.74, 6) is -1.07. The van der Waals surface area contributed by atoms with Crippen molar-refractivity contribution >= 4 is 23.7 Å². The molecule has 6 heteroatoms. The molecule has 1 N–H and O–H groups in total. The fourth-order valence-corrected chi connectivity index (χ4v) is 2.03. The Morgan fingerprint density at radius 2 is 2.12 bits per heavy atom. The van der Waals surface area contributed by atoms with Crippen molar-refractivity contribution in [3.8, 4) is 0 Å². The second-order valence-corrected chi connectivity index (χ2v) is 5.07. The van der Waals surface area contributed by atoms with E-state index in [4.69, 9.17) is 9.52 Å². The monoisotopic (exact) mass is 258 g/mol. The molecule has 0 amide bonds. The van der Waals surface area contributed by atoms with Gasteiger partial charge in [-0.1, -0.05) is 11.8 Å². The first-order valence-electron chi connectivity index (χ1n) is 4.91. The molecule has 0 aliphatic rings. The van der Waals surface area contributed by atoms with E-state index in [-0.39, 0.29) is 11.7 Å². The Labute approximate surface area is 103 Å². The number of hydrogen-bond acceptors (Lipinski definition) is 5. The molecule has 5 nitrogen and oxygen atoms in total. The maximum absolute atomic E-state index is 11.4. The van der Waals surface area contributed by atoms with Gasteiger partial charge in [-0.2, -0.15) is 0 Å². The lowest BCUT2D eigenvalue weighted by Crippen LogP contribution is -2.27. The van der Waals surface area contributed by atoms with E-state index < -0.39 is 11.4 Å². The van der Waals surface area contributed by atoms with Gasteiger partial charge in [-0.05, 0) is 26.0 Å². The van der Waals surface area contributed by atoms with Crippen molar-refractivity contribution in [2.24, 2.45) is 5.41 Å². The third-order valence-electron chi connectivity index (χ3n) is 2.11. The molecule has 0 saturated heterocycles. The Morgan fingerprint density at radius 1 is 1.47 bits per heavy atom. The van der Waals surface area contributed by atoms with Crippen LogP contribution in [0.5, 0.6) is 0 Å². The molecule has 1 rings (SSSR count). The van der Waals surface area contributed by atoms with Gasteiger partial charge in [-0.3, -0.25) is 4.79 Å². The van der Waals surface area contributed by atoms with Gasteiger partial charge in [0.1, 0.15) is 0 Å². The van der Waals surface area contributed by atoms with Gasteiger partial charge in [0.05, 0.1) is 12.5 Å². The van der Waals surface area contributed by atoms with Crippen molar-refractivity contribution in [2.75, 3.05) is 12.9 Å². The van der Waals surface area contributed by atoms with Crippen molar-refractivity contribution in [3.63, 3.8) is 0 Å². The van der Waals surface area contributed by atoms with Gasteiger partial charge in [0.2, 0.25) is 5.76 Å². The number of furan rings is 1. The van der Waals surface area contributed by atoms with Gasteiger partial charge >= 0.3 is 11.9 Å². The van der Waals surface area contributed by atoms with Crippen molar-refractivity contribution in [1.29, 1.82) is 0 Å². The molecule has 0 saturated carbocycles. The highest BCUT2D eigenvalue weighted by Crippen LogP contribution is 2.29. The van der Waals surface area contributed by atoms with Crippen LogP contribution in [-0.2, 0) is 9.53 Å². The van der Waals surface area contributed by atoms with Crippen molar-refractivity contribution < 1.29 is 23.8 Å². The summed E-state index contributed by atoms with van der Waals surface area (Å²) in [6.45, 7) is 3.51. The van der Waals surface area contributed by atoms with Gasteiger partial charge < -0.3 is 14.3 Å². The molecule has 0 aromatic carbocycles. The molecule has 1 aromatic heterocycles. The van der Waals surface area contributed by atoms with Crippen LogP contribution >= 0.6 is 11.8 Å². The van der Waals surface area contributed by atoms with E-state index in [0.717, 1.165) is 0 Å². The molecule has 0 aliphatic carbocycles. The molecule has 1 aromatic rings. The molecular formula is C11H14O5S. The third-order valence-corrected chi connectivity index (χ3v) is 3.48. The van der Waals surface area contributed by atoms with E-state index >= 15 is 0 Å². The van der Waals surface area contributed by atoms with Crippen LogP contribution < -0.4 is 0 Å². The number of thioether (sulfide) groups is 1. The summed E-state index contributed by atoms with van der Waals surface area (Å²) in [4.78, 5) is 22.0. The highest BCUT2D eigenvalue weighted by molar-refractivity contribution is 7.99. The zero-order chi connectivity index (χ0) is 13.1. The van der Waals surface area contributed by atoms with Crippen molar-refractivity contribution in [2.45, 2.75) is 18.9 Å². The van der Waals surface area contributed by atoms with E-state index in [2.05, 4.69) is 4.74 Å². The number of carboxylic acids is 1. The van der Waals surface area contributed by atoms with Gasteiger partial charge in [-0.15, -0.1) is 0 Å². The van der Waals surface area contributed by atoms with E-state index in [9.17, 15) is 9.59 Å². The minimum Gasteiger partial charge on any atom is -0.475 e. The first kappa shape index (κ1) is 13.6. The average molecular weight is 258 g/mol. The van der Waals surface area contributed by atoms with E-state index in [1.54, 1.807) is 19.9 Å². The number of methoxy groups -OCH3 is 1. The molecule has 0 radical (unpaired) electrons. The maximum atomic E-state index is 11.4. The van der Waals surface area contributed by atoms with Crippen LogP contribution in [0.1, 0.15) is 24.4 Å². The molecule has 17 heavy (non-hydrogen) atoms. The lowest BCUT2D eigenvalue weighted by atomic mass is 9.97. The molecule has 0 bridgehead atoms. The van der Waals surface area contributed by atoms with Gasteiger partial charge in [0.15, 0.2) is 5.09 Å². The molecular weight excluding hydrogens is 244 g/mol. The number of carboxylic acid groups (broad SMARTS) is 1. The minimum atomic E-state index is -1.11. The van der Waals surface area contributed by atoms with Crippen LogP contribution in [-0.4, -0.2) is 29.9 Å². The Balaban J connectivity index is 2.61. The lowest BCUT2D eigenvalue weighted by Gasteiger charge is -2.19.